The number of para-hydroxylation sites is 1. The van der Waals surface area contributed by atoms with Gasteiger partial charge in [-0.05, 0) is 6.07 Å². The number of ether oxygens (including phenoxy) is 1. The Bertz CT molecular complexity index is 398. The highest BCUT2D eigenvalue weighted by atomic mass is 16.5. The minimum atomic E-state index is -0.813. The van der Waals surface area contributed by atoms with E-state index < -0.39 is 5.97 Å². The first kappa shape index (κ1) is 9.77. The molecule has 0 fully saturated rings. The fourth-order valence-corrected chi connectivity index (χ4v) is 1.93. The Labute approximate surface area is 88.0 Å². The summed E-state index contributed by atoms with van der Waals surface area (Å²) >= 11 is 0. The number of hydrogen-bond acceptors (Lipinski definition) is 2. The number of carbonyl (C=O) groups is 1. The number of carboxylic acids is 1. The largest absolute Gasteiger partial charge is 0.485 e. The lowest BCUT2D eigenvalue weighted by Crippen LogP contribution is -2.18. The summed E-state index contributed by atoms with van der Waals surface area (Å²) in [6, 6.07) is 7.53. The Balaban J connectivity index is 2.33. The predicted octanol–water partition coefficient (Wildman–Crippen LogP) is 2.19. The highest BCUT2D eigenvalue weighted by molar-refractivity contribution is 5.69. The standard InChI is InChI=1S/C12H12O3/c1-2-10-9(7-12(13)14)8-5-3-4-6-11(8)15-10/h2-6,9-10H,1,7H2,(H,13,14)/t9-,10+/m1/s1. The lowest BCUT2D eigenvalue weighted by molar-refractivity contribution is -0.137. The van der Waals surface area contributed by atoms with Crippen LogP contribution in [0.3, 0.4) is 0 Å². The average Bonchev–Trinajstić information content (AvgIpc) is 2.56. The molecule has 0 amide bonds. The van der Waals surface area contributed by atoms with Crippen molar-refractivity contribution in [1.82, 2.24) is 0 Å². The summed E-state index contributed by atoms with van der Waals surface area (Å²) < 4.78 is 5.59. The fraction of sp³-hybridized carbons (Fsp3) is 0.250. The molecule has 0 aromatic heterocycles. The van der Waals surface area contributed by atoms with E-state index in [4.69, 9.17) is 9.84 Å². The lowest BCUT2D eigenvalue weighted by Gasteiger charge is -2.12. The van der Waals surface area contributed by atoms with Crippen molar-refractivity contribution in [1.29, 1.82) is 0 Å². The van der Waals surface area contributed by atoms with Crippen molar-refractivity contribution in [2.75, 3.05) is 0 Å². The van der Waals surface area contributed by atoms with Gasteiger partial charge in [0.1, 0.15) is 11.9 Å². The van der Waals surface area contributed by atoms with Crippen molar-refractivity contribution in [3.8, 4) is 5.75 Å². The third-order valence-electron chi connectivity index (χ3n) is 2.60. The molecule has 2 rings (SSSR count). The number of rotatable bonds is 3. The van der Waals surface area contributed by atoms with Crippen LogP contribution in [0.15, 0.2) is 36.9 Å². The van der Waals surface area contributed by atoms with Gasteiger partial charge in [-0.1, -0.05) is 30.9 Å². The molecule has 0 spiro atoms. The molecule has 0 radical (unpaired) electrons. The summed E-state index contributed by atoms with van der Waals surface area (Å²) in [7, 11) is 0. The molecular formula is C12H12O3. The highest BCUT2D eigenvalue weighted by Crippen LogP contribution is 2.40. The SMILES string of the molecule is C=C[C@@H]1Oc2ccccc2[C@H]1CC(=O)O. The molecule has 78 valence electrons. The van der Waals surface area contributed by atoms with E-state index in [1.807, 2.05) is 24.3 Å². The monoisotopic (exact) mass is 204 g/mol. The van der Waals surface area contributed by atoms with E-state index in [9.17, 15) is 4.79 Å². The molecule has 1 aromatic carbocycles. The Hall–Kier alpha value is -1.77. The van der Waals surface area contributed by atoms with Crippen LogP contribution in [-0.2, 0) is 4.79 Å². The van der Waals surface area contributed by atoms with E-state index in [2.05, 4.69) is 6.58 Å². The van der Waals surface area contributed by atoms with Crippen LogP contribution in [0.2, 0.25) is 0 Å². The Morgan fingerprint density at radius 3 is 2.93 bits per heavy atom. The Morgan fingerprint density at radius 2 is 2.27 bits per heavy atom. The van der Waals surface area contributed by atoms with E-state index >= 15 is 0 Å². The van der Waals surface area contributed by atoms with Gasteiger partial charge in [-0.2, -0.15) is 0 Å². The maximum Gasteiger partial charge on any atom is 0.304 e. The molecule has 1 heterocycles. The third kappa shape index (κ3) is 1.73. The van der Waals surface area contributed by atoms with Crippen LogP contribution in [0.5, 0.6) is 5.75 Å². The number of carboxylic acid groups (broad SMARTS) is 1. The van der Waals surface area contributed by atoms with Gasteiger partial charge in [0.25, 0.3) is 0 Å². The molecule has 0 saturated heterocycles. The summed E-state index contributed by atoms with van der Waals surface area (Å²) in [6.45, 7) is 3.67. The summed E-state index contributed by atoms with van der Waals surface area (Å²) in [4.78, 5) is 10.7. The third-order valence-corrected chi connectivity index (χ3v) is 2.60. The van der Waals surface area contributed by atoms with Gasteiger partial charge in [-0.15, -0.1) is 0 Å². The average molecular weight is 204 g/mol. The molecule has 3 heteroatoms. The van der Waals surface area contributed by atoms with E-state index in [-0.39, 0.29) is 18.4 Å². The zero-order valence-electron chi connectivity index (χ0n) is 8.22. The van der Waals surface area contributed by atoms with E-state index in [1.165, 1.54) is 0 Å². The van der Waals surface area contributed by atoms with Crippen molar-refractivity contribution in [3.05, 3.63) is 42.5 Å². The van der Waals surface area contributed by atoms with Crippen molar-refractivity contribution in [2.24, 2.45) is 0 Å². The molecule has 1 aliphatic rings. The number of benzene rings is 1. The van der Waals surface area contributed by atoms with Crippen molar-refractivity contribution >= 4 is 5.97 Å². The van der Waals surface area contributed by atoms with Gasteiger partial charge in [0.05, 0.1) is 6.42 Å². The van der Waals surface area contributed by atoms with Crippen LogP contribution >= 0.6 is 0 Å². The van der Waals surface area contributed by atoms with Crippen LogP contribution in [0.1, 0.15) is 17.9 Å². The summed E-state index contributed by atoms with van der Waals surface area (Å²) in [6.07, 6.45) is 1.51. The second-order valence-corrected chi connectivity index (χ2v) is 3.56. The second-order valence-electron chi connectivity index (χ2n) is 3.56. The van der Waals surface area contributed by atoms with Gasteiger partial charge in [0, 0.05) is 11.5 Å². The van der Waals surface area contributed by atoms with Gasteiger partial charge in [0.15, 0.2) is 0 Å². The zero-order valence-corrected chi connectivity index (χ0v) is 8.22. The summed E-state index contributed by atoms with van der Waals surface area (Å²) in [5, 5.41) is 8.82. The fourth-order valence-electron chi connectivity index (χ4n) is 1.93. The van der Waals surface area contributed by atoms with Gasteiger partial charge >= 0.3 is 5.97 Å². The van der Waals surface area contributed by atoms with Crippen LogP contribution in [-0.4, -0.2) is 17.2 Å². The quantitative estimate of drug-likeness (QED) is 0.768. The number of aliphatic carboxylic acids is 1. The first-order valence-corrected chi connectivity index (χ1v) is 4.82. The smallest absolute Gasteiger partial charge is 0.304 e. The summed E-state index contributed by atoms with van der Waals surface area (Å²) in [5.41, 5.74) is 0.963. The minimum Gasteiger partial charge on any atom is -0.485 e. The van der Waals surface area contributed by atoms with E-state index in [1.54, 1.807) is 6.08 Å². The molecule has 0 aliphatic carbocycles. The lowest BCUT2D eigenvalue weighted by atomic mass is 9.92. The molecule has 15 heavy (non-hydrogen) atoms. The van der Waals surface area contributed by atoms with Gasteiger partial charge < -0.3 is 9.84 Å². The van der Waals surface area contributed by atoms with Crippen LogP contribution in [0.4, 0.5) is 0 Å². The van der Waals surface area contributed by atoms with Crippen LogP contribution < -0.4 is 4.74 Å². The second kappa shape index (κ2) is 3.77. The van der Waals surface area contributed by atoms with E-state index in [0.29, 0.717) is 0 Å². The van der Waals surface area contributed by atoms with Crippen molar-refractivity contribution < 1.29 is 14.6 Å². The number of hydrogen-bond donors (Lipinski definition) is 1. The molecule has 1 aliphatic heterocycles. The van der Waals surface area contributed by atoms with Gasteiger partial charge in [0.2, 0.25) is 0 Å². The van der Waals surface area contributed by atoms with Gasteiger partial charge in [-0.3, -0.25) is 4.79 Å². The molecule has 1 aromatic rings. The first-order valence-electron chi connectivity index (χ1n) is 4.82. The van der Waals surface area contributed by atoms with Crippen molar-refractivity contribution in [2.45, 2.75) is 18.4 Å². The molecule has 0 unspecified atom stereocenters. The Kier molecular flexibility index (Phi) is 2.46. The maximum atomic E-state index is 10.7. The topological polar surface area (TPSA) is 46.5 Å². The zero-order chi connectivity index (χ0) is 10.8. The molecule has 1 N–H and O–H groups in total. The predicted molar refractivity (Wildman–Crippen MR) is 56.0 cm³/mol. The first-order chi connectivity index (χ1) is 7.22. The maximum absolute atomic E-state index is 10.7. The van der Waals surface area contributed by atoms with E-state index in [0.717, 1.165) is 11.3 Å². The molecule has 2 atom stereocenters. The molecule has 0 bridgehead atoms. The van der Waals surface area contributed by atoms with Gasteiger partial charge in [-0.25, -0.2) is 0 Å². The minimum absolute atomic E-state index is 0.0771. The highest BCUT2D eigenvalue weighted by Gasteiger charge is 2.33. The van der Waals surface area contributed by atoms with Crippen LogP contribution in [0, 0.1) is 0 Å². The van der Waals surface area contributed by atoms with Crippen LogP contribution in [0.25, 0.3) is 0 Å². The molecular weight excluding hydrogens is 192 g/mol. The Morgan fingerprint density at radius 1 is 1.53 bits per heavy atom. The molecule has 0 saturated carbocycles. The molecule has 3 nitrogen and oxygen atoms in total. The summed E-state index contributed by atoms with van der Waals surface area (Å²) in [5.74, 6) is -0.156. The van der Waals surface area contributed by atoms with Crippen molar-refractivity contribution in [3.63, 3.8) is 0 Å². The number of fused-ring (bicyclic) bond motifs is 1. The normalized spacial score (nSPS) is 22.9.